The zero-order valence-corrected chi connectivity index (χ0v) is 16.4. The molecule has 1 aromatic carbocycles. The van der Waals surface area contributed by atoms with Gasteiger partial charge < -0.3 is 15.1 Å². The van der Waals surface area contributed by atoms with E-state index in [9.17, 15) is 18.0 Å². The maximum Gasteiger partial charge on any atom is 0.433 e. The molecule has 3 rings (SSSR count). The standard InChI is InChI=1S/C20H22F3N5O/c1-13-4-5-15(25-19-24-8-6-18(26-19)20(21,22)23)10-16(13)28-9-7-17(29)14(12-28)11-27(2)3/h4-6,8,10-11H,7,9,12H2,1-3H3,(H,24,25,26)/b14-11-. The number of Topliss-reactive ketones (excluding diaryl/α,β-unsaturated/α-hetero) is 1. The number of nitrogens with one attached hydrogen (secondary N) is 1. The van der Waals surface area contributed by atoms with Crippen molar-refractivity contribution in [2.45, 2.75) is 19.5 Å². The zero-order chi connectivity index (χ0) is 21.2. The van der Waals surface area contributed by atoms with Crippen molar-refractivity contribution in [3.63, 3.8) is 0 Å². The molecule has 0 spiro atoms. The van der Waals surface area contributed by atoms with Crippen molar-refractivity contribution in [3.05, 3.63) is 53.5 Å². The molecule has 0 aliphatic carbocycles. The molecule has 0 bridgehead atoms. The second kappa shape index (κ2) is 8.10. The molecule has 0 unspecified atom stereocenters. The van der Waals surface area contributed by atoms with Gasteiger partial charge in [0.05, 0.1) is 0 Å². The number of aryl methyl sites for hydroxylation is 1. The molecule has 2 aromatic rings. The number of hydrogen-bond acceptors (Lipinski definition) is 6. The van der Waals surface area contributed by atoms with Crippen LogP contribution in [0.15, 0.2) is 42.2 Å². The van der Waals surface area contributed by atoms with E-state index in [1.165, 1.54) is 0 Å². The number of rotatable bonds is 4. The molecule has 2 heterocycles. The van der Waals surface area contributed by atoms with Gasteiger partial charge in [0.25, 0.3) is 0 Å². The Labute approximate surface area is 167 Å². The van der Waals surface area contributed by atoms with Gasteiger partial charge in [0.1, 0.15) is 5.69 Å². The van der Waals surface area contributed by atoms with Crippen molar-refractivity contribution in [2.24, 2.45) is 0 Å². The van der Waals surface area contributed by atoms with Gasteiger partial charge in [-0.3, -0.25) is 4.79 Å². The Balaban J connectivity index is 1.85. The Morgan fingerprint density at radius 1 is 1.24 bits per heavy atom. The molecular formula is C20H22F3N5O. The maximum absolute atomic E-state index is 12.9. The molecule has 0 atom stereocenters. The van der Waals surface area contributed by atoms with Crippen molar-refractivity contribution in [2.75, 3.05) is 37.4 Å². The summed E-state index contributed by atoms with van der Waals surface area (Å²) >= 11 is 0. The van der Waals surface area contributed by atoms with E-state index < -0.39 is 11.9 Å². The van der Waals surface area contributed by atoms with Crippen molar-refractivity contribution in [3.8, 4) is 0 Å². The quantitative estimate of drug-likeness (QED) is 0.782. The minimum Gasteiger partial charge on any atom is -0.383 e. The van der Waals surface area contributed by atoms with Crippen molar-refractivity contribution >= 4 is 23.1 Å². The fraction of sp³-hybridized carbons (Fsp3) is 0.350. The predicted molar refractivity (Wildman–Crippen MR) is 105 cm³/mol. The van der Waals surface area contributed by atoms with Crippen LogP contribution in [0.1, 0.15) is 17.7 Å². The third-order valence-electron chi connectivity index (χ3n) is 4.49. The number of hydrogen-bond donors (Lipinski definition) is 1. The number of piperidine rings is 1. The fourth-order valence-corrected chi connectivity index (χ4v) is 3.13. The van der Waals surface area contributed by atoms with Crippen LogP contribution in [0.25, 0.3) is 0 Å². The Bertz CT molecular complexity index is 940. The lowest BCUT2D eigenvalue weighted by Gasteiger charge is -2.32. The summed E-state index contributed by atoms with van der Waals surface area (Å²) in [6, 6.07) is 6.29. The summed E-state index contributed by atoms with van der Waals surface area (Å²) in [6.45, 7) is 3.00. The summed E-state index contributed by atoms with van der Waals surface area (Å²) in [5, 5.41) is 2.84. The third kappa shape index (κ3) is 5.04. The number of nitrogens with zero attached hydrogens (tertiary/aromatic N) is 4. The highest BCUT2D eigenvalue weighted by Gasteiger charge is 2.32. The largest absolute Gasteiger partial charge is 0.433 e. The monoisotopic (exact) mass is 405 g/mol. The molecule has 0 radical (unpaired) electrons. The topological polar surface area (TPSA) is 61.4 Å². The predicted octanol–water partition coefficient (Wildman–Crippen LogP) is 3.77. The molecule has 1 aromatic heterocycles. The van der Waals surface area contributed by atoms with E-state index in [0.717, 1.165) is 29.1 Å². The summed E-state index contributed by atoms with van der Waals surface area (Å²) in [6.07, 6.45) is -1.23. The molecule has 0 saturated carbocycles. The van der Waals surface area contributed by atoms with E-state index in [1.54, 1.807) is 6.07 Å². The van der Waals surface area contributed by atoms with E-state index in [1.807, 2.05) is 44.3 Å². The van der Waals surface area contributed by atoms with Crippen LogP contribution < -0.4 is 10.2 Å². The highest BCUT2D eigenvalue weighted by atomic mass is 19.4. The molecular weight excluding hydrogens is 383 g/mol. The summed E-state index contributed by atoms with van der Waals surface area (Å²) in [5.41, 5.74) is 2.19. The third-order valence-corrected chi connectivity index (χ3v) is 4.49. The Morgan fingerprint density at radius 3 is 2.69 bits per heavy atom. The number of aromatic nitrogens is 2. The van der Waals surface area contributed by atoms with Crippen LogP contribution in [0.4, 0.5) is 30.5 Å². The number of benzene rings is 1. The lowest BCUT2D eigenvalue weighted by atomic mass is 10.0. The van der Waals surface area contributed by atoms with Crippen molar-refractivity contribution in [1.82, 2.24) is 14.9 Å². The lowest BCUT2D eigenvalue weighted by Crippen LogP contribution is -2.36. The highest BCUT2D eigenvalue weighted by Crippen LogP contribution is 2.30. The number of anilines is 3. The van der Waals surface area contributed by atoms with Crippen LogP contribution in [0.2, 0.25) is 0 Å². The lowest BCUT2D eigenvalue weighted by molar-refractivity contribution is -0.141. The number of ketones is 1. The Kier molecular flexibility index (Phi) is 5.76. The molecule has 0 amide bonds. The van der Waals surface area contributed by atoms with Crippen molar-refractivity contribution < 1.29 is 18.0 Å². The minimum absolute atomic E-state index is 0.124. The van der Waals surface area contributed by atoms with Gasteiger partial charge in [-0.1, -0.05) is 6.07 Å². The van der Waals surface area contributed by atoms with E-state index >= 15 is 0 Å². The van der Waals surface area contributed by atoms with Crippen LogP contribution in [0.5, 0.6) is 0 Å². The van der Waals surface area contributed by atoms with Crippen LogP contribution in [0, 0.1) is 6.92 Å². The Hall–Kier alpha value is -3.10. The van der Waals surface area contributed by atoms with Crippen LogP contribution in [-0.2, 0) is 11.0 Å². The van der Waals surface area contributed by atoms with Gasteiger partial charge in [-0.2, -0.15) is 13.2 Å². The normalized spacial score (nSPS) is 16.3. The first-order valence-corrected chi connectivity index (χ1v) is 9.06. The summed E-state index contributed by atoms with van der Waals surface area (Å²) in [5.74, 6) is -0.00380. The average molecular weight is 405 g/mol. The van der Waals surface area contributed by atoms with E-state index in [0.29, 0.717) is 25.2 Å². The van der Waals surface area contributed by atoms with Gasteiger partial charge in [0.15, 0.2) is 5.78 Å². The second-order valence-electron chi connectivity index (χ2n) is 7.10. The first-order valence-electron chi connectivity index (χ1n) is 9.06. The molecule has 29 heavy (non-hydrogen) atoms. The van der Waals surface area contributed by atoms with Gasteiger partial charge in [-0.25, -0.2) is 9.97 Å². The summed E-state index contributed by atoms with van der Waals surface area (Å²) in [7, 11) is 3.73. The minimum atomic E-state index is -4.53. The van der Waals surface area contributed by atoms with Gasteiger partial charge in [-0.15, -0.1) is 0 Å². The van der Waals surface area contributed by atoms with Crippen LogP contribution in [0.3, 0.4) is 0 Å². The molecule has 6 nitrogen and oxygen atoms in total. The number of halogens is 3. The Morgan fingerprint density at radius 2 is 2.00 bits per heavy atom. The van der Waals surface area contributed by atoms with E-state index in [-0.39, 0.29) is 11.7 Å². The van der Waals surface area contributed by atoms with Crippen molar-refractivity contribution in [1.29, 1.82) is 0 Å². The molecule has 1 N–H and O–H groups in total. The smallest absolute Gasteiger partial charge is 0.383 e. The van der Waals surface area contributed by atoms with E-state index in [4.69, 9.17) is 0 Å². The molecule has 1 fully saturated rings. The number of carbonyl (C=O) groups excluding carboxylic acids is 1. The van der Waals surface area contributed by atoms with Gasteiger partial charge in [-0.05, 0) is 30.7 Å². The molecule has 9 heteroatoms. The maximum atomic E-state index is 12.9. The van der Waals surface area contributed by atoms with Gasteiger partial charge >= 0.3 is 6.18 Å². The van der Waals surface area contributed by atoms with Crippen LogP contribution in [-0.4, -0.2) is 47.8 Å². The first-order chi connectivity index (χ1) is 13.6. The molecule has 1 aliphatic rings. The molecule has 154 valence electrons. The SMILES string of the molecule is Cc1ccc(Nc2nccc(C(F)(F)F)n2)cc1N1CCC(=O)/C(=C\N(C)C)C1. The van der Waals surface area contributed by atoms with Gasteiger partial charge in [0, 0.05) is 63.0 Å². The number of alkyl halides is 3. The highest BCUT2D eigenvalue weighted by molar-refractivity contribution is 5.97. The van der Waals surface area contributed by atoms with Gasteiger partial charge in [0.2, 0.25) is 5.95 Å². The number of carbonyl (C=O) groups is 1. The average Bonchev–Trinajstić information content (AvgIpc) is 2.64. The van der Waals surface area contributed by atoms with Crippen LogP contribution >= 0.6 is 0 Å². The molecule has 1 aliphatic heterocycles. The zero-order valence-electron chi connectivity index (χ0n) is 16.4. The second-order valence-corrected chi connectivity index (χ2v) is 7.10. The summed E-state index contributed by atoms with van der Waals surface area (Å²) < 4.78 is 38.6. The fourth-order valence-electron chi connectivity index (χ4n) is 3.13. The van der Waals surface area contributed by atoms with E-state index in [2.05, 4.69) is 20.2 Å². The molecule has 1 saturated heterocycles. The summed E-state index contributed by atoms with van der Waals surface area (Å²) in [4.78, 5) is 23.5. The first kappa shape index (κ1) is 20.6.